The van der Waals surface area contributed by atoms with Crippen LogP contribution in [0.25, 0.3) is 0 Å². The Morgan fingerprint density at radius 1 is 1.00 bits per heavy atom. The number of hydrogen-bond acceptors (Lipinski definition) is 6. The summed E-state index contributed by atoms with van der Waals surface area (Å²) in [6.45, 7) is 8.27. The van der Waals surface area contributed by atoms with Crippen LogP contribution in [0.2, 0.25) is 6.04 Å². The third-order valence-corrected chi connectivity index (χ3v) is 9.76. The van der Waals surface area contributed by atoms with Crippen molar-refractivity contribution in [2.45, 2.75) is 82.3 Å². The molecule has 1 amide bonds. The highest BCUT2D eigenvalue weighted by molar-refractivity contribution is 7.85. The Kier molecular flexibility index (Phi) is 13.4. The van der Waals surface area contributed by atoms with E-state index in [4.69, 9.17) is 13.3 Å². The Hall–Kier alpha value is 0.267. The zero-order valence-electron chi connectivity index (χ0n) is 17.2. The number of hydrogen-bond donors (Lipinski definition) is 3. The van der Waals surface area contributed by atoms with E-state index in [2.05, 4.69) is 30.6 Å². The molecule has 1 saturated carbocycles. The van der Waals surface area contributed by atoms with Crippen LogP contribution in [0.5, 0.6) is 0 Å². The van der Waals surface area contributed by atoms with E-state index >= 15 is 0 Å². The van der Waals surface area contributed by atoms with Crippen molar-refractivity contribution >= 4 is 40.0 Å². The molecule has 0 spiro atoms. The van der Waals surface area contributed by atoms with E-state index in [1.54, 1.807) is 0 Å². The minimum absolute atomic E-state index is 0.132. The van der Waals surface area contributed by atoms with E-state index < -0.39 is 8.80 Å². The monoisotopic (exact) mass is 437 g/mol. The van der Waals surface area contributed by atoms with Crippen LogP contribution in [0.3, 0.4) is 0 Å². The smallest absolute Gasteiger partial charge is 0.374 e. The van der Waals surface area contributed by atoms with Gasteiger partial charge in [-0.25, -0.2) is 0 Å². The molecule has 8 heteroatoms. The molecule has 27 heavy (non-hydrogen) atoms. The van der Waals surface area contributed by atoms with Crippen LogP contribution in [0.4, 0.5) is 0 Å². The van der Waals surface area contributed by atoms with Gasteiger partial charge in [0, 0.05) is 49.3 Å². The summed E-state index contributed by atoms with van der Waals surface area (Å²) in [4.78, 5) is 12.0. The Morgan fingerprint density at radius 2 is 1.63 bits per heavy atom. The predicted octanol–water partition coefficient (Wildman–Crippen LogP) is 4.11. The number of thiol groups is 2. The maximum atomic E-state index is 12.0. The third kappa shape index (κ3) is 9.54. The van der Waals surface area contributed by atoms with E-state index in [9.17, 15) is 4.79 Å². The molecule has 3 unspecified atom stereocenters. The molecule has 0 saturated heterocycles. The maximum absolute atomic E-state index is 12.0. The zero-order valence-corrected chi connectivity index (χ0v) is 20.0. The van der Waals surface area contributed by atoms with Crippen LogP contribution >= 0.6 is 25.3 Å². The highest BCUT2D eigenvalue weighted by atomic mass is 32.1. The first kappa shape index (κ1) is 25.3. The van der Waals surface area contributed by atoms with E-state index in [1.165, 1.54) is 12.8 Å². The molecule has 0 radical (unpaired) electrons. The van der Waals surface area contributed by atoms with Gasteiger partial charge in [0.2, 0.25) is 5.91 Å². The summed E-state index contributed by atoms with van der Waals surface area (Å²) in [6.07, 6.45) is 6.98. The first-order valence-corrected chi connectivity index (χ1v) is 13.5. The minimum Gasteiger partial charge on any atom is -0.374 e. The van der Waals surface area contributed by atoms with Gasteiger partial charge < -0.3 is 18.6 Å². The normalized spacial score (nSPS) is 22.9. The molecule has 0 aliphatic heterocycles. The van der Waals surface area contributed by atoms with Gasteiger partial charge in [0.1, 0.15) is 0 Å². The number of carbonyl (C=O) groups is 1. The molecule has 0 aromatic heterocycles. The van der Waals surface area contributed by atoms with Crippen molar-refractivity contribution in [1.29, 1.82) is 0 Å². The van der Waals surface area contributed by atoms with Crippen molar-refractivity contribution in [2.24, 2.45) is 5.92 Å². The molecule has 1 aliphatic carbocycles. The molecule has 1 aliphatic rings. The van der Waals surface area contributed by atoms with Crippen molar-refractivity contribution in [3.8, 4) is 0 Å². The molecule has 0 heterocycles. The molecule has 0 bridgehead atoms. The molecule has 160 valence electrons. The summed E-state index contributed by atoms with van der Waals surface area (Å²) in [5, 5.41) is 3.86. The van der Waals surface area contributed by atoms with Crippen LogP contribution in [-0.4, -0.2) is 51.6 Å². The lowest BCUT2D eigenvalue weighted by atomic mass is 9.99. The number of nitrogens with one attached hydrogen (secondary N) is 1. The van der Waals surface area contributed by atoms with Crippen LogP contribution in [0.1, 0.15) is 65.7 Å². The van der Waals surface area contributed by atoms with E-state index in [0.717, 1.165) is 31.7 Å². The SMILES string of the molecule is CCO[Si](CCCNC(=O)CCCCC1CCC(S)C1S)(OCC)OCC. The highest BCUT2D eigenvalue weighted by Crippen LogP contribution is 2.36. The molecule has 1 rings (SSSR count). The highest BCUT2D eigenvalue weighted by Gasteiger charge is 2.39. The maximum Gasteiger partial charge on any atom is 0.500 e. The standard InChI is InChI=1S/C19H39NO4S2Si/c1-4-22-27(23-5-2,24-6-3)15-9-14-20-18(21)11-8-7-10-16-12-13-17(25)19(16)26/h16-17,19,25-26H,4-15H2,1-3H3,(H,20,21). The van der Waals surface area contributed by atoms with Gasteiger partial charge in [-0.3, -0.25) is 4.79 Å². The van der Waals surface area contributed by atoms with E-state index in [1.807, 2.05) is 20.8 Å². The van der Waals surface area contributed by atoms with Crippen molar-refractivity contribution < 1.29 is 18.1 Å². The van der Waals surface area contributed by atoms with Crippen LogP contribution in [-0.2, 0) is 18.1 Å². The minimum atomic E-state index is -2.59. The second-order valence-corrected chi connectivity index (χ2v) is 11.1. The number of amides is 1. The molecule has 1 N–H and O–H groups in total. The Morgan fingerprint density at radius 3 is 2.15 bits per heavy atom. The van der Waals surface area contributed by atoms with Crippen molar-refractivity contribution in [3.05, 3.63) is 0 Å². The number of rotatable bonds is 15. The summed E-state index contributed by atoms with van der Waals surface area (Å²) in [5.41, 5.74) is 0. The first-order chi connectivity index (χ1) is 13.0. The zero-order chi connectivity index (χ0) is 20.1. The fourth-order valence-electron chi connectivity index (χ4n) is 3.67. The van der Waals surface area contributed by atoms with Gasteiger partial charge in [0.25, 0.3) is 0 Å². The summed E-state index contributed by atoms with van der Waals surface area (Å²) in [7, 11) is -2.59. The Labute approximate surface area is 177 Å². The summed E-state index contributed by atoms with van der Waals surface area (Å²) in [6, 6.07) is 0.735. The van der Waals surface area contributed by atoms with Gasteiger partial charge in [-0.2, -0.15) is 25.3 Å². The van der Waals surface area contributed by atoms with Crippen molar-refractivity contribution in [3.63, 3.8) is 0 Å². The number of carbonyl (C=O) groups excluding carboxylic acids is 1. The Balaban J connectivity index is 2.16. The van der Waals surface area contributed by atoms with Gasteiger partial charge in [-0.1, -0.05) is 6.42 Å². The second-order valence-electron chi connectivity index (χ2n) is 7.08. The molecular formula is C19H39NO4S2Si. The molecule has 5 nitrogen and oxygen atoms in total. The quantitative estimate of drug-likeness (QED) is 0.205. The average Bonchev–Trinajstić information content (AvgIpc) is 2.95. The van der Waals surface area contributed by atoms with Crippen molar-refractivity contribution in [1.82, 2.24) is 5.32 Å². The van der Waals surface area contributed by atoms with Crippen molar-refractivity contribution in [2.75, 3.05) is 26.4 Å². The Bertz CT molecular complexity index is 400. The number of unbranched alkanes of at least 4 members (excludes halogenated alkanes) is 1. The predicted molar refractivity (Wildman–Crippen MR) is 120 cm³/mol. The van der Waals surface area contributed by atoms with Gasteiger partial charge in [0.15, 0.2) is 0 Å². The average molecular weight is 438 g/mol. The second kappa shape index (κ2) is 14.3. The third-order valence-electron chi connectivity index (χ3n) is 5.01. The molecule has 0 aromatic rings. The molecular weight excluding hydrogens is 398 g/mol. The molecule has 0 aromatic carbocycles. The van der Waals surface area contributed by atoms with Gasteiger partial charge in [0.05, 0.1) is 0 Å². The van der Waals surface area contributed by atoms with Gasteiger partial charge in [-0.05, 0) is 58.8 Å². The summed E-state index contributed by atoms with van der Waals surface area (Å²) in [5.74, 6) is 0.792. The molecule has 1 fully saturated rings. The van der Waals surface area contributed by atoms with Gasteiger partial charge in [-0.15, -0.1) is 0 Å². The summed E-state index contributed by atoms with van der Waals surface area (Å²) >= 11 is 9.23. The van der Waals surface area contributed by atoms with E-state index in [0.29, 0.717) is 49.2 Å². The summed E-state index contributed by atoms with van der Waals surface area (Å²) < 4.78 is 17.5. The fraction of sp³-hybridized carbons (Fsp3) is 0.947. The van der Waals surface area contributed by atoms with Crippen LogP contribution in [0, 0.1) is 5.92 Å². The largest absolute Gasteiger partial charge is 0.500 e. The molecule has 3 atom stereocenters. The lowest BCUT2D eigenvalue weighted by Crippen LogP contribution is -2.46. The van der Waals surface area contributed by atoms with E-state index in [-0.39, 0.29) is 5.91 Å². The van der Waals surface area contributed by atoms with Gasteiger partial charge >= 0.3 is 8.80 Å². The topological polar surface area (TPSA) is 56.8 Å². The fourth-order valence-corrected chi connectivity index (χ4v) is 7.12. The van der Waals surface area contributed by atoms with Crippen LogP contribution in [0.15, 0.2) is 0 Å². The first-order valence-electron chi connectivity index (χ1n) is 10.5. The lowest BCUT2D eigenvalue weighted by Gasteiger charge is -2.28. The van der Waals surface area contributed by atoms with Crippen LogP contribution < -0.4 is 5.32 Å². The lowest BCUT2D eigenvalue weighted by molar-refractivity contribution is -0.121.